The number of carboxylic acid groups (broad SMARTS) is 2. The van der Waals surface area contributed by atoms with Crippen LogP contribution in [0.2, 0.25) is 0 Å². The van der Waals surface area contributed by atoms with Gasteiger partial charge < -0.3 is 33.1 Å². The minimum Gasteiger partial charge on any atom is -0.480 e. The van der Waals surface area contributed by atoms with Gasteiger partial charge in [-0.15, -0.1) is 12.6 Å². The fourth-order valence-corrected chi connectivity index (χ4v) is 1.81. The third-order valence-electron chi connectivity index (χ3n) is 2.12. The van der Waals surface area contributed by atoms with E-state index >= 15 is 0 Å². The number of rotatable bonds is 7. The Kier molecular flexibility index (Phi) is 6.45. The molecular formula is C8H16N6O4S2. The van der Waals surface area contributed by atoms with E-state index in [2.05, 4.69) is 35.2 Å². The Labute approximate surface area is 125 Å². The van der Waals surface area contributed by atoms with Crippen LogP contribution in [-0.4, -0.2) is 50.2 Å². The summed E-state index contributed by atoms with van der Waals surface area (Å²) in [6.07, 6.45) is -0.358. The summed E-state index contributed by atoms with van der Waals surface area (Å²) in [5.41, 5.74) is 20.4. The summed E-state index contributed by atoms with van der Waals surface area (Å²) >= 11 is 7.85. The van der Waals surface area contributed by atoms with E-state index in [0.29, 0.717) is 0 Å². The summed E-state index contributed by atoms with van der Waals surface area (Å²) < 4.78 is 0. The molecule has 0 unspecified atom stereocenters. The molecule has 0 fully saturated rings. The molecule has 0 heterocycles. The van der Waals surface area contributed by atoms with Crippen molar-refractivity contribution in [1.29, 1.82) is 0 Å². The van der Waals surface area contributed by atoms with Crippen molar-refractivity contribution in [3.8, 4) is 0 Å². The molecule has 0 radical (unpaired) electrons. The maximum Gasteiger partial charge on any atom is 0.343 e. The van der Waals surface area contributed by atoms with Crippen molar-refractivity contribution >= 4 is 49.1 Å². The number of carboxylic acids is 2. The van der Waals surface area contributed by atoms with E-state index in [1.165, 1.54) is 0 Å². The van der Waals surface area contributed by atoms with E-state index < -0.39 is 40.0 Å². The number of carbonyl (C=O) groups is 2. The van der Waals surface area contributed by atoms with Gasteiger partial charge in [0.15, 0.2) is 18.0 Å². The first kappa shape index (κ1) is 18.2. The summed E-state index contributed by atoms with van der Waals surface area (Å²) in [6.45, 7) is 0. The first-order valence-corrected chi connectivity index (χ1v) is 6.03. The molecule has 3 atom stereocenters. The number of nitrogens with two attached hydrogens (primary N) is 4. The molecule has 0 spiro atoms. The molecule has 0 aliphatic heterocycles. The lowest BCUT2D eigenvalue weighted by atomic mass is 10.1. The number of aliphatic carboxylic acids is 2. The van der Waals surface area contributed by atoms with Crippen LogP contribution in [0.5, 0.6) is 0 Å². The van der Waals surface area contributed by atoms with Gasteiger partial charge in [0, 0.05) is 5.25 Å². The Morgan fingerprint density at radius 3 is 1.95 bits per heavy atom. The average molecular weight is 324 g/mol. The van der Waals surface area contributed by atoms with Crippen molar-refractivity contribution in [2.45, 2.75) is 22.6 Å². The smallest absolute Gasteiger partial charge is 0.343 e. The van der Waals surface area contributed by atoms with Gasteiger partial charge in [0.2, 0.25) is 4.87 Å². The lowest BCUT2D eigenvalue weighted by Crippen LogP contribution is -2.45. The molecule has 10 nitrogen and oxygen atoms in total. The SMILES string of the molecule is NC(N)=N[C@H](C[C@@H](S)[C@@](S)(N=C(N)N)C(=O)O)C(=O)O. The number of aliphatic imine (C=N–C) groups is 2. The molecule has 0 bridgehead atoms. The number of guanidine groups is 2. The van der Waals surface area contributed by atoms with Crippen molar-refractivity contribution in [2.24, 2.45) is 32.9 Å². The van der Waals surface area contributed by atoms with Crippen molar-refractivity contribution < 1.29 is 19.8 Å². The first-order valence-electron chi connectivity index (χ1n) is 5.06. The molecular weight excluding hydrogens is 308 g/mol. The van der Waals surface area contributed by atoms with E-state index in [1.54, 1.807) is 0 Å². The van der Waals surface area contributed by atoms with Crippen LogP contribution in [0.15, 0.2) is 9.98 Å². The Bertz CT molecular complexity index is 448. The summed E-state index contributed by atoms with van der Waals surface area (Å²) in [6, 6.07) is -1.40. The van der Waals surface area contributed by atoms with Gasteiger partial charge in [-0.3, -0.25) is 0 Å². The van der Waals surface area contributed by atoms with Crippen LogP contribution in [-0.2, 0) is 9.59 Å². The van der Waals surface area contributed by atoms with Gasteiger partial charge >= 0.3 is 11.9 Å². The Hall–Kier alpha value is -1.82. The number of thiol groups is 2. The highest BCUT2D eigenvalue weighted by atomic mass is 32.1. The fourth-order valence-electron chi connectivity index (χ4n) is 1.23. The van der Waals surface area contributed by atoms with Crippen molar-refractivity contribution in [3.05, 3.63) is 0 Å². The molecule has 20 heavy (non-hydrogen) atoms. The molecule has 12 heteroatoms. The molecule has 0 aromatic heterocycles. The third kappa shape index (κ3) is 5.05. The second kappa shape index (κ2) is 7.09. The summed E-state index contributed by atoms with van der Waals surface area (Å²) in [5.74, 6) is -3.85. The predicted octanol–water partition coefficient (Wildman–Crippen LogP) is -2.61. The second-order valence-corrected chi connectivity index (χ2v) is 5.03. The summed E-state index contributed by atoms with van der Waals surface area (Å²) in [7, 11) is 0. The predicted molar refractivity (Wildman–Crippen MR) is 79.8 cm³/mol. The molecule has 0 aromatic rings. The summed E-state index contributed by atoms with van der Waals surface area (Å²) in [4.78, 5) is 27.0. The maximum absolute atomic E-state index is 11.2. The monoisotopic (exact) mass is 324 g/mol. The van der Waals surface area contributed by atoms with Crippen molar-refractivity contribution in [1.82, 2.24) is 0 Å². The molecule has 114 valence electrons. The van der Waals surface area contributed by atoms with Crippen LogP contribution in [0, 0.1) is 0 Å². The normalized spacial score (nSPS) is 16.3. The molecule has 0 saturated heterocycles. The van der Waals surface area contributed by atoms with Crippen LogP contribution in [0.25, 0.3) is 0 Å². The molecule has 0 amide bonds. The zero-order valence-electron chi connectivity index (χ0n) is 10.2. The standard InChI is InChI=1S/C8H16N6O4S2/c9-6(10)13-2(4(15)16)1-3(19)8(20,5(17)18)14-7(11)12/h2-3,19-20H,1H2,(H,15,16)(H,17,18)(H4,9,10,13)(H4,11,12,14)/t2-,3-,8+/m1/s1. The number of hydrogen-bond acceptors (Lipinski definition) is 6. The van der Waals surface area contributed by atoms with Gasteiger partial charge in [0.25, 0.3) is 0 Å². The van der Waals surface area contributed by atoms with E-state index in [0.717, 1.165) is 0 Å². The fraction of sp³-hybridized carbons (Fsp3) is 0.500. The largest absolute Gasteiger partial charge is 0.480 e. The number of nitrogens with zero attached hydrogens (tertiary/aromatic N) is 2. The van der Waals surface area contributed by atoms with Gasteiger partial charge in [0.1, 0.15) is 0 Å². The Balaban J connectivity index is 5.34. The Morgan fingerprint density at radius 2 is 1.65 bits per heavy atom. The third-order valence-corrected chi connectivity index (χ3v) is 3.51. The minimum atomic E-state index is -2.12. The van der Waals surface area contributed by atoms with E-state index in [1.807, 2.05) is 0 Å². The minimum absolute atomic E-state index is 0.358. The highest BCUT2D eigenvalue weighted by Crippen LogP contribution is 2.30. The van der Waals surface area contributed by atoms with Gasteiger partial charge in [-0.05, 0) is 6.42 Å². The van der Waals surface area contributed by atoms with Crippen LogP contribution in [0.1, 0.15) is 6.42 Å². The topological polar surface area (TPSA) is 203 Å². The lowest BCUT2D eigenvalue weighted by molar-refractivity contribution is -0.141. The van der Waals surface area contributed by atoms with Gasteiger partial charge in [-0.2, -0.15) is 12.6 Å². The van der Waals surface area contributed by atoms with Gasteiger partial charge in [-0.1, -0.05) is 0 Å². The van der Waals surface area contributed by atoms with Crippen LogP contribution >= 0.6 is 25.3 Å². The molecule has 0 aromatic carbocycles. The Morgan fingerprint density at radius 1 is 1.15 bits per heavy atom. The van der Waals surface area contributed by atoms with Crippen LogP contribution < -0.4 is 22.9 Å². The molecule has 0 saturated carbocycles. The van der Waals surface area contributed by atoms with Crippen LogP contribution in [0.3, 0.4) is 0 Å². The quantitative estimate of drug-likeness (QED) is 0.141. The maximum atomic E-state index is 11.2. The van der Waals surface area contributed by atoms with E-state index in [-0.39, 0.29) is 6.42 Å². The molecule has 0 aliphatic rings. The van der Waals surface area contributed by atoms with E-state index in [4.69, 9.17) is 33.1 Å². The lowest BCUT2D eigenvalue weighted by Gasteiger charge is -2.26. The zero-order valence-corrected chi connectivity index (χ0v) is 12.0. The van der Waals surface area contributed by atoms with Crippen molar-refractivity contribution in [2.75, 3.05) is 0 Å². The first-order chi connectivity index (χ1) is 9.00. The highest BCUT2D eigenvalue weighted by molar-refractivity contribution is 7.86. The van der Waals surface area contributed by atoms with E-state index in [9.17, 15) is 9.59 Å². The molecule has 0 aliphatic carbocycles. The van der Waals surface area contributed by atoms with Gasteiger partial charge in [0.05, 0.1) is 0 Å². The second-order valence-electron chi connectivity index (χ2n) is 3.73. The average Bonchev–Trinajstić information content (AvgIpc) is 2.25. The molecule has 10 N–H and O–H groups in total. The summed E-state index contributed by atoms with van der Waals surface area (Å²) in [5, 5.41) is 16.9. The van der Waals surface area contributed by atoms with Crippen molar-refractivity contribution in [3.63, 3.8) is 0 Å². The number of hydrogen-bond donors (Lipinski definition) is 8. The van der Waals surface area contributed by atoms with Gasteiger partial charge in [-0.25, -0.2) is 19.6 Å². The zero-order chi connectivity index (χ0) is 16.1. The van der Waals surface area contributed by atoms with Crippen LogP contribution in [0.4, 0.5) is 0 Å². The highest BCUT2D eigenvalue weighted by Gasteiger charge is 2.43. The molecule has 0 rings (SSSR count).